The third-order valence-corrected chi connectivity index (χ3v) is 3.77. The normalized spacial score (nSPS) is 20.2. The third kappa shape index (κ3) is 3.60. The van der Waals surface area contributed by atoms with E-state index in [0.29, 0.717) is 0 Å². The number of ether oxygens (including phenoxy) is 1. The van der Waals surface area contributed by atoms with Gasteiger partial charge in [0.25, 0.3) is 0 Å². The van der Waals surface area contributed by atoms with Crippen molar-refractivity contribution in [2.45, 2.75) is 77.9 Å². The van der Waals surface area contributed by atoms with Crippen LogP contribution in [-0.4, -0.2) is 5.60 Å². The summed E-state index contributed by atoms with van der Waals surface area (Å²) in [5.41, 5.74) is 4.45. The summed E-state index contributed by atoms with van der Waals surface area (Å²) in [6, 6.07) is 6.98. The van der Waals surface area contributed by atoms with Crippen molar-refractivity contribution in [3.8, 4) is 0 Å². The molecule has 0 aliphatic heterocycles. The summed E-state index contributed by atoms with van der Waals surface area (Å²) >= 11 is 0. The van der Waals surface area contributed by atoms with Crippen molar-refractivity contribution >= 4 is 0 Å². The lowest BCUT2D eigenvalue weighted by Gasteiger charge is -2.33. The largest absolute Gasteiger partial charge is 0.368 e. The van der Waals surface area contributed by atoms with E-state index >= 15 is 0 Å². The molecule has 1 aliphatic carbocycles. The molecule has 1 atom stereocenters. The summed E-state index contributed by atoms with van der Waals surface area (Å²) in [5, 5.41) is 0. The van der Waals surface area contributed by atoms with Crippen molar-refractivity contribution < 1.29 is 4.74 Å². The van der Waals surface area contributed by atoms with Crippen molar-refractivity contribution in [1.82, 2.24) is 0 Å². The van der Waals surface area contributed by atoms with Gasteiger partial charge < -0.3 is 4.74 Å². The van der Waals surface area contributed by atoms with Crippen LogP contribution in [0.4, 0.5) is 0 Å². The molecular weight excluding hydrogens is 232 g/mol. The molecular formula is C18H28O. The Morgan fingerprint density at radius 3 is 2.32 bits per heavy atom. The fourth-order valence-corrected chi connectivity index (χ4v) is 2.77. The second kappa shape index (κ2) is 4.94. The Morgan fingerprint density at radius 1 is 1.05 bits per heavy atom. The molecule has 0 N–H and O–H groups in total. The van der Waals surface area contributed by atoms with E-state index in [2.05, 4.69) is 59.7 Å². The van der Waals surface area contributed by atoms with Gasteiger partial charge in [-0.2, -0.15) is 0 Å². The zero-order valence-corrected chi connectivity index (χ0v) is 13.3. The molecule has 0 bridgehead atoms. The highest BCUT2D eigenvalue weighted by atomic mass is 16.5. The maximum absolute atomic E-state index is 6.27. The summed E-state index contributed by atoms with van der Waals surface area (Å²) < 4.78 is 6.27. The number of hydrogen-bond donors (Lipinski definition) is 0. The minimum Gasteiger partial charge on any atom is -0.368 e. The number of benzene rings is 1. The molecule has 1 aromatic carbocycles. The molecule has 0 aromatic heterocycles. The summed E-state index contributed by atoms with van der Waals surface area (Å²) in [4.78, 5) is 0. The van der Waals surface area contributed by atoms with Crippen molar-refractivity contribution in [3.05, 3.63) is 34.9 Å². The van der Waals surface area contributed by atoms with E-state index in [-0.39, 0.29) is 17.1 Å². The van der Waals surface area contributed by atoms with E-state index in [1.54, 1.807) is 0 Å². The highest BCUT2D eigenvalue weighted by Crippen LogP contribution is 2.37. The molecule has 1 aliphatic rings. The van der Waals surface area contributed by atoms with E-state index in [9.17, 15) is 0 Å². The van der Waals surface area contributed by atoms with Crippen molar-refractivity contribution in [1.29, 1.82) is 0 Å². The summed E-state index contributed by atoms with van der Waals surface area (Å²) in [6.45, 7) is 13.3. The van der Waals surface area contributed by atoms with E-state index in [4.69, 9.17) is 4.74 Å². The van der Waals surface area contributed by atoms with Crippen LogP contribution in [0, 0.1) is 0 Å². The van der Waals surface area contributed by atoms with Crippen LogP contribution in [0.3, 0.4) is 0 Å². The summed E-state index contributed by atoms with van der Waals surface area (Å²) in [7, 11) is 0. The van der Waals surface area contributed by atoms with Crippen LogP contribution in [-0.2, 0) is 16.6 Å². The molecule has 0 spiro atoms. The Balaban J connectivity index is 2.36. The molecule has 19 heavy (non-hydrogen) atoms. The predicted octanol–water partition coefficient (Wildman–Crippen LogP) is 5.18. The Morgan fingerprint density at radius 2 is 1.74 bits per heavy atom. The number of hydrogen-bond acceptors (Lipinski definition) is 1. The first-order valence-corrected chi connectivity index (χ1v) is 7.48. The van der Waals surface area contributed by atoms with E-state index in [0.717, 1.165) is 6.42 Å². The molecule has 1 heteroatoms. The van der Waals surface area contributed by atoms with Gasteiger partial charge in [-0.05, 0) is 62.1 Å². The topological polar surface area (TPSA) is 9.23 Å². The monoisotopic (exact) mass is 260 g/mol. The molecule has 0 radical (unpaired) electrons. The SMILES string of the molecule is CC(C)(C)OC1CCCc2ccc(C(C)(C)C)cc21. The first-order chi connectivity index (χ1) is 8.67. The average molecular weight is 260 g/mol. The van der Waals surface area contributed by atoms with Gasteiger partial charge in [-0.3, -0.25) is 0 Å². The Kier molecular flexibility index (Phi) is 3.79. The van der Waals surface area contributed by atoms with E-state index in [1.807, 2.05) is 0 Å². The Bertz CT molecular complexity index is 446. The first-order valence-electron chi connectivity index (χ1n) is 7.48. The van der Waals surface area contributed by atoms with Gasteiger partial charge in [-0.25, -0.2) is 0 Å². The van der Waals surface area contributed by atoms with E-state index < -0.39 is 0 Å². The van der Waals surface area contributed by atoms with Gasteiger partial charge in [0, 0.05) is 0 Å². The minimum absolute atomic E-state index is 0.0724. The lowest BCUT2D eigenvalue weighted by Crippen LogP contribution is -2.25. The molecule has 1 unspecified atom stereocenters. The standard InChI is InChI=1S/C18H28O/c1-17(2,3)14-11-10-13-8-7-9-16(15(13)12-14)19-18(4,5)6/h10-12,16H,7-9H2,1-6H3. The number of aryl methyl sites for hydroxylation is 1. The van der Waals surface area contributed by atoms with Gasteiger partial charge in [0.05, 0.1) is 11.7 Å². The molecule has 0 heterocycles. The first kappa shape index (κ1) is 14.6. The molecule has 106 valence electrons. The molecule has 0 saturated carbocycles. The molecule has 1 nitrogen and oxygen atoms in total. The van der Waals surface area contributed by atoms with Crippen molar-refractivity contribution in [2.75, 3.05) is 0 Å². The smallest absolute Gasteiger partial charge is 0.0834 e. The minimum atomic E-state index is -0.0724. The molecule has 0 amide bonds. The zero-order valence-electron chi connectivity index (χ0n) is 13.3. The molecule has 1 aromatic rings. The highest BCUT2D eigenvalue weighted by Gasteiger charge is 2.27. The van der Waals surface area contributed by atoms with Crippen LogP contribution in [0.15, 0.2) is 18.2 Å². The predicted molar refractivity (Wildman–Crippen MR) is 81.7 cm³/mol. The van der Waals surface area contributed by atoms with Crippen molar-refractivity contribution in [2.24, 2.45) is 0 Å². The second-order valence-electron chi connectivity index (χ2n) is 7.77. The maximum Gasteiger partial charge on any atom is 0.0834 e. The van der Waals surface area contributed by atoms with Crippen LogP contribution in [0.25, 0.3) is 0 Å². The van der Waals surface area contributed by atoms with Gasteiger partial charge in [-0.15, -0.1) is 0 Å². The Hall–Kier alpha value is -0.820. The van der Waals surface area contributed by atoms with Crippen molar-refractivity contribution in [3.63, 3.8) is 0 Å². The Labute approximate surface area is 118 Å². The number of rotatable bonds is 1. The fraction of sp³-hybridized carbons (Fsp3) is 0.667. The third-order valence-electron chi connectivity index (χ3n) is 3.77. The maximum atomic E-state index is 6.27. The van der Waals surface area contributed by atoms with Gasteiger partial charge in [0.2, 0.25) is 0 Å². The lowest BCUT2D eigenvalue weighted by molar-refractivity contribution is -0.0684. The van der Waals surface area contributed by atoms with Crippen LogP contribution in [0.5, 0.6) is 0 Å². The van der Waals surface area contributed by atoms with Crippen LogP contribution < -0.4 is 0 Å². The van der Waals surface area contributed by atoms with Gasteiger partial charge in [-0.1, -0.05) is 39.0 Å². The second-order valence-corrected chi connectivity index (χ2v) is 7.77. The van der Waals surface area contributed by atoms with Gasteiger partial charge in [0.1, 0.15) is 0 Å². The summed E-state index contributed by atoms with van der Waals surface area (Å²) in [5.74, 6) is 0. The quantitative estimate of drug-likeness (QED) is 0.676. The van der Waals surface area contributed by atoms with Gasteiger partial charge in [0.15, 0.2) is 0 Å². The molecule has 0 fully saturated rings. The number of fused-ring (bicyclic) bond motifs is 1. The van der Waals surface area contributed by atoms with Crippen LogP contribution >= 0.6 is 0 Å². The molecule has 2 rings (SSSR count). The average Bonchev–Trinajstić information content (AvgIpc) is 2.25. The highest BCUT2D eigenvalue weighted by molar-refractivity contribution is 5.38. The fourth-order valence-electron chi connectivity index (χ4n) is 2.77. The van der Waals surface area contributed by atoms with Gasteiger partial charge >= 0.3 is 0 Å². The summed E-state index contributed by atoms with van der Waals surface area (Å²) in [6.07, 6.45) is 3.86. The van der Waals surface area contributed by atoms with E-state index in [1.165, 1.54) is 29.5 Å². The lowest BCUT2D eigenvalue weighted by atomic mass is 9.81. The molecule has 0 saturated heterocycles. The van der Waals surface area contributed by atoms with Crippen LogP contribution in [0.1, 0.15) is 77.2 Å². The zero-order chi connectivity index (χ0) is 14.3. The van der Waals surface area contributed by atoms with Crippen LogP contribution in [0.2, 0.25) is 0 Å².